The van der Waals surface area contributed by atoms with Gasteiger partial charge in [0.15, 0.2) is 5.65 Å². The lowest BCUT2D eigenvalue weighted by atomic mass is 10.1. The third kappa shape index (κ3) is 5.25. The highest BCUT2D eigenvalue weighted by molar-refractivity contribution is 5.80. The molecule has 0 saturated carbocycles. The largest absolute Gasteiger partial charge is 0.411 e. The zero-order valence-corrected chi connectivity index (χ0v) is 16.1. The molecule has 6 nitrogen and oxygen atoms in total. The molecule has 0 unspecified atom stereocenters. The van der Waals surface area contributed by atoms with E-state index in [1.54, 1.807) is 18.2 Å². The van der Waals surface area contributed by atoms with E-state index in [0.717, 1.165) is 5.56 Å². The first-order valence-corrected chi connectivity index (χ1v) is 9.14. The van der Waals surface area contributed by atoms with Crippen LogP contribution in [0, 0.1) is 0 Å². The number of aromatic nitrogens is 3. The minimum absolute atomic E-state index is 0.00932. The lowest BCUT2D eigenvalue weighted by Gasteiger charge is -2.12. The van der Waals surface area contributed by atoms with Crippen molar-refractivity contribution in [3.63, 3.8) is 0 Å². The van der Waals surface area contributed by atoms with Gasteiger partial charge in [-0.3, -0.25) is 0 Å². The van der Waals surface area contributed by atoms with Crippen LogP contribution >= 0.6 is 0 Å². The summed E-state index contributed by atoms with van der Waals surface area (Å²) in [6, 6.07) is 10.9. The fourth-order valence-electron chi connectivity index (χ4n) is 2.87. The van der Waals surface area contributed by atoms with Crippen molar-refractivity contribution in [1.82, 2.24) is 14.6 Å². The maximum absolute atomic E-state index is 13.0. The van der Waals surface area contributed by atoms with Crippen molar-refractivity contribution in [2.45, 2.75) is 19.5 Å². The van der Waals surface area contributed by atoms with Gasteiger partial charge in [-0.2, -0.15) is 22.8 Å². The summed E-state index contributed by atoms with van der Waals surface area (Å²) in [5, 5.41) is 19.1. The Hall–Kier alpha value is -3.62. The predicted octanol–water partition coefficient (Wildman–Crippen LogP) is 4.88. The summed E-state index contributed by atoms with van der Waals surface area (Å²) in [5.41, 5.74) is 2.06. The van der Waals surface area contributed by atoms with Crippen LogP contribution in [-0.2, 0) is 6.42 Å². The summed E-state index contributed by atoms with van der Waals surface area (Å²) < 4.78 is 40.3. The molecule has 156 valence electrons. The molecule has 30 heavy (non-hydrogen) atoms. The molecule has 0 aliphatic heterocycles. The average molecular weight is 415 g/mol. The van der Waals surface area contributed by atoms with Crippen molar-refractivity contribution in [3.8, 4) is 11.3 Å². The van der Waals surface area contributed by atoms with Gasteiger partial charge in [-0.05, 0) is 12.5 Å². The first kappa shape index (κ1) is 21.1. The Balaban J connectivity index is 2.05. The van der Waals surface area contributed by atoms with Crippen LogP contribution in [0.25, 0.3) is 16.9 Å². The summed E-state index contributed by atoms with van der Waals surface area (Å²) in [5.74, 6) is 0.463. The third-order valence-electron chi connectivity index (χ3n) is 4.21. The second kappa shape index (κ2) is 9.25. The number of rotatable bonds is 7. The first-order chi connectivity index (χ1) is 14.4. The standard InChI is InChI=1S/C21H20F3N5O/c1-2-3-7-15(13-27-30)12-25-19-10-18(16-8-5-4-6-9-16)28-20-17(11-21(22,23)24)14-26-29(19)20/h2-10,13-14,25,30H,11-12H2,1H3/b3-2-,15-7-,27-13+. The molecule has 2 aromatic heterocycles. The number of allylic oxidation sites excluding steroid dienone is 3. The number of benzene rings is 1. The first-order valence-electron chi connectivity index (χ1n) is 9.14. The monoisotopic (exact) mass is 415 g/mol. The van der Waals surface area contributed by atoms with E-state index in [1.807, 2.05) is 43.3 Å². The number of hydrogen-bond donors (Lipinski definition) is 2. The number of oxime groups is 1. The molecule has 0 radical (unpaired) electrons. The molecule has 2 heterocycles. The van der Waals surface area contributed by atoms with E-state index in [1.165, 1.54) is 16.9 Å². The molecule has 0 spiro atoms. The van der Waals surface area contributed by atoms with Crippen molar-refractivity contribution in [2.24, 2.45) is 5.16 Å². The molecule has 0 aliphatic rings. The number of alkyl halides is 3. The fraction of sp³-hybridized carbons (Fsp3) is 0.190. The van der Waals surface area contributed by atoms with E-state index in [4.69, 9.17) is 5.21 Å². The smallest absolute Gasteiger partial charge is 0.393 e. The van der Waals surface area contributed by atoms with Crippen LogP contribution in [0.3, 0.4) is 0 Å². The summed E-state index contributed by atoms with van der Waals surface area (Å²) in [7, 11) is 0. The van der Waals surface area contributed by atoms with E-state index < -0.39 is 12.6 Å². The molecule has 1 aromatic carbocycles. The average Bonchev–Trinajstić information content (AvgIpc) is 3.11. The molecule has 0 fully saturated rings. The minimum Gasteiger partial charge on any atom is -0.411 e. The Morgan fingerprint density at radius 1 is 1.27 bits per heavy atom. The molecule has 3 rings (SSSR count). The second-order valence-corrected chi connectivity index (χ2v) is 6.46. The summed E-state index contributed by atoms with van der Waals surface area (Å²) >= 11 is 0. The number of anilines is 1. The SMILES string of the molecule is C\C=C/C=C(\C=N\O)CNc1cc(-c2ccccc2)nc2c(CC(F)(F)F)cnn12. The molecule has 0 amide bonds. The quantitative estimate of drug-likeness (QED) is 0.250. The number of hydrogen-bond acceptors (Lipinski definition) is 5. The van der Waals surface area contributed by atoms with Crippen LogP contribution < -0.4 is 5.32 Å². The molecule has 9 heteroatoms. The highest BCUT2D eigenvalue weighted by Crippen LogP contribution is 2.27. The third-order valence-corrected chi connectivity index (χ3v) is 4.21. The Kier molecular flexibility index (Phi) is 6.51. The molecule has 0 bridgehead atoms. The van der Waals surface area contributed by atoms with Crippen molar-refractivity contribution in [1.29, 1.82) is 0 Å². The maximum atomic E-state index is 13.0. The van der Waals surface area contributed by atoms with Crippen LogP contribution in [0.1, 0.15) is 12.5 Å². The van der Waals surface area contributed by atoms with E-state index in [9.17, 15) is 13.2 Å². The van der Waals surface area contributed by atoms with E-state index in [2.05, 4.69) is 20.6 Å². The number of fused-ring (bicyclic) bond motifs is 1. The van der Waals surface area contributed by atoms with Crippen LogP contribution in [-0.4, -0.2) is 38.7 Å². The predicted molar refractivity (Wildman–Crippen MR) is 110 cm³/mol. The zero-order valence-electron chi connectivity index (χ0n) is 16.1. The van der Waals surface area contributed by atoms with Crippen molar-refractivity contribution < 1.29 is 18.4 Å². The van der Waals surface area contributed by atoms with Gasteiger partial charge in [-0.15, -0.1) is 0 Å². The lowest BCUT2D eigenvalue weighted by Crippen LogP contribution is -2.13. The number of halogens is 3. The Morgan fingerprint density at radius 3 is 2.70 bits per heavy atom. The van der Waals surface area contributed by atoms with Crippen LogP contribution in [0.4, 0.5) is 19.0 Å². The van der Waals surface area contributed by atoms with E-state index >= 15 is 0 Å². The van der Waals surface area contributed by atoms with Crippen LogP contribution in [0.15, 0.2) is 71.6 Å². The van der Waals surface area contributed by atoms with Gasteiger partial charge in [0.05, 0.1) is 24.5 Å². The fourth-order valence-corrected chi connectivity index (χ4v) is 2.87. The lowest BCUT2D eigenvalue weighted by molar-refractivity contribution is -0.127. The molecule has 0 saturated heterocycles. The van der Waals surface area contributed by atoms with E-state index in [0.29, 0.717) is 17.1 Å². The molecule has 0 atom stereocenters. The summed E-state index contributed by atoms with van der Waals surface area (Å²) in [6.07, 6.45) is 2.32. The van der Waals surface area contributed by atoms with Crippen molar-refractivity contribution >= 4 is 17.7 Å². The molecular formula is C21H20F3N5O. The molecule has 0 aliphatic carbocycles. The van der Waals surface area contributed by atoms with Gasteiger partial charge in [-0.1, -0.05) is 53.7 Å². The van der Waals surface area contributed by atoms with Gasteiger partial charge in [-0.25, -0.2) is 4.98 Å². The van der Waals surface area contributed by atoms with Gasteiger partial charge in [0.25, 0.3) is 0 Å². The molecule has 2 N–H and O–H groups in total. The van der Waals surface area contributed by atoms with Gasteiger partial charge in [0.1, 0.15) is 5.82 Å². The van der Waals surface area contributed by atoms with Crippen LogP contribution in [0.2, 0.25) is 0 Å². The Morgan fingerprint density at radius 2 is 2.03 bits per heavy atom. The summed E-state index contributed by atoms with van der Waals surface area (Å²) in [4.78, 5) is 4.43. The number of nitrogens with one attached hydrogen (secondary N) is 1. The number of nitrogens with zero attached hydrogens (tertiary/aromatic N) is 4. The minimum atomic E-state index is -4.37. The van der Waals surface area contributed by atoms with Crippen molar-refractivity contribution in [3.05, 3.63) is 72.0 Å². The van der Waals surface area contributed by atoms with Crippen molar-refractivity contribution in [2.75, 3.05) is 11.9 Å². The zero-order chi connectivity index (χ0) is 21.6. The Bertz CT molecular complexity index is 1090. The highest BCUT2D eigenvalue weighted by atomic mass is 19.4. The van der Waals surface area contributed by atoms with E-state index in [-0.39, 0.29) is 17.8 Å². The van der Waals surface area contributed by atoms with Gasteiger partial charge < -0.3 is 10.5 Å². The topological polar surface area (TPSA) is 74.8 Å². The molecular weight excluding hydrogens is 395 g/mol. The van der Waals surface area contributed by atoms with Gasteiger partial charge in [0.2, 0.25) is 0 Å². The summed E-state index contributed by atoms with van der Waals surface area (Å²) in [6.45, 7) is 2.11. The Labute approximate surface area is 171 Å². The normalized spacial score (nSPS) is 13.0. The van der Waals surface area contributed by atoms with Gasteiger partial charge in [0, 0.05) is 23.7 Å². The molecule has 3 aromatic rings. The van der Waals surface area contributed by atoms with Crippen LogP contribution in [0.5, 0.6) is 0 Å². The highest BCUT2D eigenvalue weighted by Gasteiger charge is 2.30. The maximum Gasteiger partial charge on any atom is 0.393 e. The van der Waals surface area contributed by atoms with Gasteiger partial charge >= 0.3 is 6.18 Å². The second-order valence-electron chi connectivity index (χ2n) is 6.46.